The van der Waals surface area contributed by atoms with Gasteiger partial charge in [-0.25, -0.2) is 13.4 Å². The van der Waals surface area contributed by atoms with E-state index >= 15 is 0 Å². The molecular formula is C10H16N2O2S2. The summed E-state index contributed by atoms with van der Waals surface area (Å²) < 4.78 is 23.8. The maximum atomic E-state index is 11.9. The minimum absolute atomic E-state index is 0.0717. The Kier molecular flexibility index (Phi) is 3.32. The van der Waals surface area contributed by atoms with E-state index in [-0.39, 0.29) is 6.04 Å². The SMILES string of the molecule is CC(N)c1cnc(C2CCCCS2(=O)=O)s1. The summed E-state index contributed by atoms with van der Waals surface area (Å²) in [4.78, 5) is 5.17. The Bertz CT molecular complexity index is 465. The van der Waals surface area contributed by atoms with Crippen molar-refractivity contribution in [2.24, 2.45) is 5.73 Å². The van der Waals surface area contributed by atoms with Crippen molar-refractivity contribution in [2.75, 3.05) is 5.75 Å². The van der Waals surface area contributed by atoms with Crippen molar-refractivity contribution in [1.29, 1.82) is 0 Å². The molecule has 90 valence electrons. The van der Waals surface area contributed by atoms with Crippen LogP contribution in [0.4, 0.5) is 0 Å². The summed E-state index contributed by atoms with van der Waals surface area (Å²) in [6.07, 6.45) is 4.16. The quantitative estimate of drug-likeness (QED) is 0.880. The monoisotopic (exact) mass is 260 g/mol. The molecule has 2 rings (SSSR count). The molecule has 1 fully saturated rings. The van der Waals surface area contributed by atoms with E-state index in [1.54, 1.807) is 6.20 Å². The topological polar surface area (TPSA) is 73.0 Å². The van der Waals surface area contributed by atoms with Gasteiger partial charge in [-0.2, -0.15) is 0 Å². The van der Waals surface area contributed by atoms with Crippen molar-refractivity contribution >= 4 is 21.2 Å². The van der Waals surface area contributed by atoms with E-state index in [0.717, 1.165) is 17.7 Å². The molecule has 2 N–H and O–H groups in total. The van der Waals surface area contributed by atoms with Crippen LogP contribution >= 0.6 is 11.3 Å². The average molecular weight is 260 g/mol. The van der Waals surface area contributed by atoms with Crippen LogP contribution in [-0.4, -0.2) is 19.2 Å². The van der Waals surface area contributed by atoms with Crippen molar-refractivity contribution in [1.82, 2.24) is 4.98 Å². The number of nitrogens with two attached hydrogens (primary N) is 1. The standard InChI is InChI=1S/C10H16N2O2S2/c1-7(11)8-6-12-10(15-8)9-4-2-3-5-16(9,13)14/h6-7,9H,2-5,11H2,1H3. The second-order valence-corrected chi connectivity index (χ2v) is 7.64. The van der Waals surface area contributed by atoms with E-state index in [2.05, 4.69) is 4.98 Å². The number of nitrogens with zero attached hydrogens (tertiary/aromatic N) is 1. The van der Waals surface area contributed by atoms with Crippen LogP contribution in [0.25, 0.3) is 0 Å². The summed E-state index contributed by atoms with van der Waals surface area (Å²) in [5, 5.41) is 0.325. The highest BCUT2D eigenvalue weighted by Crippen LogP contribution is 2.36. The molecule has 2 unspecified atom stereocenters. The minimum atomic E-state index is -2.98. The van der Waals surface area contributed by atoms with Gasteiger partial charge in [-0.3, -0.25) is 0 Å². The predicted molar refractivity (Wildman–Crippen MR) is 65.1 cm³/mol. The van der Waals surface area contributed by atoms with Crippen molar-refractivity contribution in [3.63, 3.8) is 0 Å². The summed E-state index contributed by atoms with van der Waals surface area (Å²) in [5.41, 5.74) is 5.75. The first kappa shape index (κ1) is 12.0. The van der Waals surface area contributed by atoms with Gasteiger partial charge in [0.05, 0.1) is 5.75 Å². The average Bonchev–Trinajstić information content (AvgIpc) is 2.65. The van der Waals surface area contributed by atoms with Crippen molar-refractivity contribution in [2.45, 2.75) is 37.5 Å². The van der Waals surface area contributed by atoms with Gasteiger partial charge in [-0.15, -0.1) is 11.3 Å². The number of hydrogen-bond donors (Lipinski definition) is 1. The Morgan fingerprint density at radius 2 is 2.31 bits per heavy atom. The van der Waals surface area contributed by atoms with Crippen LogP contribution in [0.2, 0.25) is 0 Å². The summed E-state index contributed by atoms with van der Waals surface area (Å²) in [6.45, 7) is 1.88. The summed E-state index contributed by atoms with van der Waals surface area (Å²) in [7, 11) is -2.98. The molecule has 2 atom stereocenters. The summed E-state index contributed by atoms with van der Waals surface area (Å²) >= 11 is 1.43. The lowest BCUT2D eigenvalue weighted by atomic mass is 10.2. The van der Waals surface area contributed by atoms with E-state index < -0.39 is 15.1 Å². The second kappa shape index (κ2) is 4.43. The van der Waals surface area contributed by atoms with Gasteiger partial charge in [0.2, 0.25) is 0 Å². The van der Waals surface area contributed by atoms with Gasteiger partial charge in [0.15, 0.2) is 9.84 Å². The molecule has 0 bridgehead atoms. The lowest BCUT2D eigenvalue weighted by molar-refractivity contribution is 0.545. The Labute approximate surface area is 99.8 Å². The highest BCUT2D eigenvalue weighted by atomic mass is 32.2. The zero-order valence-electron chi connectivity index (χ0n) is 9.22. The Hall–Kier alpha value is -0.460. The lowest BCUT2D eigenvalue weighted by Crippen LogP contribution is -2.21. The number of aromatic nitrogens is 1. The Morgan fingerprint density at radius 3 is 2.88 bits per heavy atom. The third kappa shape index (κ3) is 2.28. The van der Waals surface area contributed by atoms with Crippen LogP contribution in [-0.2, 0) is 9.84 Å². The second-order valence-electron chi connectivity index (χ2n) is 4.24. The molecule has 6 heteroatoms. The molecule has 16 heavy (non-hydrogen) atoms. The van der Waals surface area contributed by atoms with Gasteiger partial charge in [-0.05, 0) is 19.8 Å². The van der Waals surface area contributed by atoms with E-state index in [0.29, 0.717) is 17.2 Å². The van der Waals surface area contributed by atoms with Gasteiger partial charge >= 0.3 is 0 Å². The van der Waals surface area contributed by atoms with Gasteiger partial charge < -0.3 is 5.73 Å². The molecule has 0 radical (unpaired) electrons. The molecule has 1 aliphatic rings. The fourth-order valence-corrected chi connectivity index (χ4v) is 5.15. The van der Waals surface area contributed by atoms with Gasteiger partial charge in [0, 0.05) is 17.1 Å². The highest BCUT2D eigenvalue weighted by Gasteiger charge is 2.32. The van der Waals surface area contributed by atoms with Crippen molar-refractivity contribution < 1.29 is 8.42 Å². The largest absolute Gasteiger partial charge is 0.323 e. The number of sulfone groups is 1. The normalized spacial score (nSPS) is 26.5. The molecule has 0 aromatic carbocycles. The number of hydrogen-bond acceptors (Lipinski definition) is 5. The molecule has 0 spiro atoms. The third-order valence-corrected chi connectivity index (χ3v) is 6.49. The molecule has 0 aliphatic carbocycles. The van der Waals surface area contributed by atoms with Crippen LogP contribution in [0.15, 0.2) is 6.20 Å². The van der Waals surface area contributed by atoms with Crippen molar-refractivity contribution in [3.8, 4) is 0 Å². The molecule has 4 nitrogen and oxygen atoms in total. The predicted octanol–water partition coefficient (Wildman–Crippen LogP) is 1.80. The zero-order chi connectivity index (χ0) is 11.8. The van der Waals surface area contributed by atoms with Crippen molar-refractivity contribution in [3.05, 3.63) is 16.1 Å². The highest BCUT2D eigenvalue weighted by molar-refractivity contribution is 7.91. The molecule has 0 amide bonds. The van der Waals surface area contributed by atoms with Gasteiger partial charge in [-0.1, -0.05) is 6.42 Å². The fourth-order valence-electron chi connectivity index (χ4n) is 1.89. The Morgan fingerprint density at radius 1 is 1.56 bits per heavy atom. The first-order valence-corrected chi connectivity index (χ1v) is 7.96. The van der Waals surface area contributed by atoms with Crippen LogP contribution in [0.3, 0.4) is 0 Å². The molecule has 1 aliphatic heterocycles. The molecule has 0 saturated carbocycles. The Balaban J connectivity index is 2.29. The van der Waals surface area contributed by atoms with E-state index in [1.165, 1.54) is 11.3 Å². The zero-order valence-corrected chi connectivity index (χ0v) is 10.9. The summed E-state index contributed by atoms with van der Waals surface area (Å²) in [5.74, 6) is 0.296. The fraction of sp³-hybridized carbons (Fsp3) is 0.700. The first-order valence-electron chi connectivity index (χ1n) is 5.43. The van der Waals surface area contributed by atoms with Crippen LogP contribution in [0, 0.1) is 0 Å². The number of rotatable bonds is 2. The smallest absolute Gasteiger partial charge is 0.159 e. The van der Waals surface area contributed by atoms with E-state index in [4.69, 9.17) is 5.73 Å². The maximum absolute atomic E-state index is 11.9. The van der Waals surface area contributed by atoms with E-state index in [1.807, 2.05) is 6.92 Å². The molecule has 1 aromatic heterocycles. The first-order chi connectivity index (χ1) is 7.50. The van der Waals surface area contributed by atoms with Crippen LogP contribution in [0.5, 0.6) is 0 Å². The van der Waals surface area contributed by atoms with Gasteiger partial charge in [0.1, 0.15) is 10.3 Å². The lowest BCUT2D eigenvalue weighted by Gasteiger charge is -2.19. The molecule has 1 aromatic rings. The van der Waals surface area contributed by atoms with E-state index in [9.17, 15) is 8.42 Å². The minimum Gasteiger partial charge on any atom is -0.323 e. The van der Waals surface area contributed by atoms with Gasteiger partial charge in [0.25, 0.3) is 0 Å². The summed E-state index contributed by atoms with van der Waals surface area (Å²) in [6, 6.07) is -0.0717. The number of thiazole rings is 1. The molecule has 2 heterocycles. The van der Waals surface area contributed by atoms with Crippen LogP contribution < -0.4 is 5.73 Å². The van der Waals surface area contributed by atoms with Crippen LogP contribution in [0.1, 0.15) is 47.4 Å². The molecule has 1 saturated heterocycles. The third-order valence-electron chi connectivity index (χ3n) is 2.84. The molecular weight excluding hydrogens is 244 g/mol. The maximum Gasteiger partial charge on any atom is 0.159 e.